The molecule has 1 aromatic carbocycles. The molecular formula is C15H13N3O. The van der Waals surface area contributed by atoms with Crippen molar-refractivity contribution in [2.75, 3.05) is 0 Å². The molecule has 1 heterocycles. The summed E-state index contributed by atoms with van der Waals surface area (Å²) >= 11 is 0. The van der Waals surface area contributed by atoms with E-state index in [-0.39, 0.29) is 5.91 Å². The molecule has 0 aliphatic heterocycles. The molecule has 0 aliphatic carbocycles. The smallest absolute Gasteiger partial charge is 0.254 e. The molecule has 4 heteroatoms. The fraction of sp³-hybridized carbons (Fsp3) is 0.133. The third kappa shape index (κ3) is 3.17. The van der Waals surface area contributed by atoms with E-state index in [9.17, 15) is 4.79 Å². The molecule has 1 amide bonds. The largest absolute Gasteiger partial charge is 0.332 e. The second-order valence-electron chi connectivity index (χ2n) is 4.19. The van der Waals surface area contributed by atoms with Crippen LogP contribution in [0.3, 0.4) is 0 Å². The molecule has 4 nitrogen and oxygen atoms in total. The molecule has 1 aromatic heterocycles. The monoisotopic (exact) mass is 251 g/mol. The van der Waals surface area contributed by atoms with Crippen LogP contribution in [0.1, 0.15) is 27.5 Å². The van der Waals surface area contributed by atoms with Gasteiger partial charge in [-0.15, -0.1) is 0 Å². The third-order valence-electron chi connectivity index (χ3n) is 2.74. The van der Waals surface area contributed by atoms with Crippen molar-refractivity contribution in [3.05, 3.63) is 65.5 Å². The summed E-state index contributed by atoms with van der Waals surface area (Å²) in [6.07, 6.45) is 3.07. The highest BCUT2D eigenvalue weighted by Crippen LogP contribution is 2.13. The van der Waals surface area contributed by atoms with E-state index in [2.05, 4.69) is 16.4 Å². The van der Waals surface area contributed by atoms with E-state index in [1.54, 1.807) is 18.3 Å². The number of rotatable bonds is 3. The van der Waals surface area contributed by atoms with Crippen LogP contribution < -0.4 is 5.32 Å². The molecule has 0 radical (unpaired) electrons. The Labute approximate surface area is 111 Å². The molecule has 0 spiro atoms. The van der Waals surface area contributed by atoms with E-state index < -0.39 is 6.04 Å². The number of amides is 1. The van der Waals surface area contributed by atoms with E-state index in [0.717, 1.165) is 11.1 Å². The first-order valence-corrected chi connectivity index (χ1v) is 5.88. The Hall–Kier alpha value is -2.67. The lowest BCUT2D eigenvalue weighted by Gasteiger charge is -2.12. The summed E-state index contributed by atoms with van der Waals surface area (Å²) in [5.41, 5.74) is 2.32. The van der Waals surface area contributed by atoms with Gasteiger partial charge in [0.1, 0.15) is 6.04 Å². The van der Waals surface area contributed by atoms with Crippen molar-refractivity contribution in [2.45, 2.75) is 13.0 Å². The average molecular weight is 251 g/mol. The molecule has 2 aromatic rings. The number of nitriles is 1. The Kier molecular flexibility index (Phi) is 3.89. The van der Waals surface area contributed by atoms with Gasteiger partial charge >= 0.3 is 0 Å². The predicted molar refractivity (Wildman–Crippen MR) is 71.2 cm³/mol. The van der Waals surface area contributed by atoms with Crippen molar-refractivity contribution in [1.29, 1.82) is 5.26 Å². The summed E-state index contributed by atoms with van der Waals surface area (Å²) in [7, 11) is 0. The quantitative estimate of drug-likeness (QED) is 0.910. The Morgan fingerprint density at radius 2 is 2.05 bits per heavy atom. The van der Waals surface area contributed by atoms with Crippen LogP contribution in [0.25, 0.3) is 0 Å². The number of carbonyl (C=O) groups excluding carboxylic acids is 1. The van der Waals surface area contributed by atoms with Crippen LogP contribution in [0.15, 0.2) is 48.8 Å². The summed E-state index contributed by atoms with van der Waals surface area (Å²) in [6.45, 7) is 1.97. The second-order valence-corrected chi connectivity index (χ2v) is 4.19. The van der Waals surface area contributed by atoms with Crippen molar-refractivity contribution < 1.29 is 4.79 Å². The maximum absolute atomic E-state index is 12.0. The van der Waals surface area contributed by atoms with E-state index in [1.807, 2.05) is 31.2 Å². The summed E-state index contributed by atoms with van der Waals surface area (Å²) in [5.74, 6) is -0.305. The topological polar surface area (TPSA) is 65.8 Å². The van der Waals surface area contributed by atoms with Crippen LogP contribution in [0, 0.1) is 18.3 Å². The van der Waals surface area contributed by atoms with Crippen LogP contribution >= 0.6 is 0 Å². The number of nitrogens with one attached hydrogen (secondary N) is 1. The van der Waals surface area contributed by atoms with E-state index in [1.165, 1.54) is 6.20 Å². The Morgan fingerprint density at radius 3 is 2.63 bits per heavy atom. The zero-order chi connectivity index (χ0) is 13.7. The molecule has 1 unspecified atom stereocenters. The number of aryl methyl sites for hydroxylation is 1. The van der Waals surface area contributed by atoms with E-state index in [4.69, 9.17) is 5.26 Å². The lowest BCUT2D eigenvalue weighted by Crippen LogP contribution is -2.27. The molecule has 0 bridgehead atoms. The van der Waals surface area contributed by atoms with Gasteiger partial charge in [0.2, 0.25) is 0 Å². The molecule has 0 fully saturated rings. The molecule has 0 aliphatic rings. The summed E-state index contributed by atoms with van der Waals surface area (Å²) in [6, 6.07) is 12.3. The Bertz CT molecular complexity index is 600. The lowest BCUT2D eigenvalue weighted by atomic mass is 10.1. The summed E-state index contributed by atoms with van der Waals surface area (Å²) in [4.78, 5) is 15.8. The maximum atomic E-state index is 12.0. The average Bonchev–Trinajstić information content (AvgIpc) is 2.46. The van der Waals surface area contributed by atoms with Gasteiger partial charge < -0.3 is 5.32 Å². The number of aromatic nitrogens is 1. The molecule has 94 valence electrons. The van der Waals surface area contributed by atoms with Crippen molar-refractivity contribution in [3.63, 3.8) is 0 Å². The minimum Gasteiger partial charge on any atom is -0.332 e. The van der Waals surface area contributed by atoms with Gasteiger partial charge in [-0.3, -0.25) is 9.78 Å². The maximum Gasteiger partial charge on any atom is 0.254 e. The Balaban J connectivity index is 2.14. The highest BCUT2D eigenvalue weighted by molar-refractivity contribution is 5.94. The van der Waals surface area contributed by atoms with Gasteiger partial charge in [0.25, 0.3) is 5.91 Å². The minimum atomic E-state index is -0.659. The highest BCUT2D eigenvalue weighted by atomic mass is 16.1. The van der Waals surface area contributed by atoms with Gasteiger partial charge in [-0.2, -0.15) is 5.26 Å². The van der Waals surface area contributed by atoms with Gasteiger partial charge in [0, 0.05) is 12.4 Å². The first-order valence-electron chi connectivity index (χ1n) is 5.88. The van der Waals surface area contributed by atoms with Gasteiger partial charge in [-0.25, -0.2) is 0 Å². The van der Waals surface area contributed by atoms with E-state index in [0.29, 0.717) is 5.56 Å². The number of nitrogens with zero attached hydrogens (tertiary/aromatic N) is 2. The summed E-state index contributed by atoms with van der Waals surface area (Å²) in [5, 5.41) is 11.8. The van der Waals surface area contributed by atoms with Gasteiger partial charge in [-0.1, -0.05) is 29.8 Å². The van der Waals surface area contributed by atoms with Gasteiger partial charge in [-0.05, 0) is 24.6 Å². The first kappa shape index (κ1) is 12.8. The van der Waals surface area contributed by atoms with Gasteiger partial charge in [0.05, 0.1) is 11.6 Å². The highest BCUT2D eigenvalue weighted by Gasteiger charge is 2.14. The van der Waals surface area contributed by atoms with Gasteiger partial charge in [0.15, 0.2) is 0 Å². The fourth-order valence-electron chi connectivity index (χ4n) is 1.66. The lowest BCUT2D eigenvalue weighted by molar-refractivity contribution is 0.0945. The number of benzene rings is 1. The molecule has 1 N–H and O–H groups in total. The molecule has 1 atom stereocenters. The molecule has 2 rings (SSSR count). The van der Waals surface area contributed by atoms with Crippen LogP contribution in [0.2, 0.25) is 0 Å². The number of hydrogen-bond donors (Lipinski definition) is 1. The third-order valence-corrected chi connectivity index (χ3v) is 2.74. The van der Waals surface area contributed by atoms with Crippen molar-refractivity contribution in [1.82, 2.24) is 10.3 Å². The molecule has 0 saturated heterocycles. The normalized spacial score (nSPS) is 11.4. The number of hydrogen-bond acceptors (Lipinski definition) is 3. The predicted octanol–water partition coefficient (Wildman–Crippen LogP) is 2.38. The second kappa shape index (κ2) is 5.78. The van der Waals surface area contributed by atoms with Crippen molar-refractivity contribution >= 4 is 5.91 Å². The zero-order valence-corrected chi connectivity index (χ0v) is 10.5. The van der Waals surface area contributed by atoms with Crippen molar-refractivity contribution in [2.24, 2.45) is 0 Å². The van der Waals surface area contributed by atoms with Crippen LogP contribution in [0.5, 0.6) is 0 Å². The summed E-state index contributed by atoms with van der Waals surface area (Å²) < 4.78 is 0. The number of pyridine rings is 1. The fourth-order valence-corrected chi connectivity index (χ4v) is 1.66. The number of carbonyl (C=O) groups is 1. The molecular weight excluding hydrogens is 238 g/mol. The molecule has 0 saturated carbocycles. The van der Waals surface area contributed by atoms with E-state index >= 15 is 0 Å². The first-order chi connectivity index (χ1) is 9.20. The van der Waals surface area contributed by atoms with Crippen LogP contribution in [0.4, 0.5) is 0 Å². The SMILES string of the molecule is Cc1ccc(C(C#N)NC(=O)c2cccnc2)cc1. The van der Waals surface area contributed by atoms with Crippen LogP contribution in [-0.2, 0) is 0 Å². The van der Waals surface area contributed by atoms with Crippen LogP contribution in [-0.4, -0.2) is 10.9 Å². The van der Waals surface area contributed by atoms with Crippen molar-refractivity contribution in [3.8, 4) is 6.07 Å². The zero-order valence-electron chi connectivity index (χ0n) is 10.5. The molecule has 19 heavy (non-hydrogen) atoms. The standard InChI is InChI=1S/C15H13N3O/c1-11-4-6-12(7-5-11)14(9-16)18-15(19)13-3-2-8-17-10-13/h2-8,10,14H,1H3,(H,18,19). The Morgan fingerprint density at radius 1 is 1.32 bits per heavy atom. The minimum absolute atomic E-state index is 0.305.